The molecule has 0 unspecified atom stereocenters. The minimum absolute atomic E-state index is 0.312. The number of benzene rings is 1. The number of hydrogen-bond acceptors (Lipinski definition) is 4. The maximum atomic E-state index is 13.3. The predicted molar refractivity (Wildman–Crippen MR) is 83.8 cm³/mol. The van der Waals surface area contributed by atoms with E-state index in [1.54, 1.807) is 22.8 Å². The topological polar surface area (TPSA) is 54.2 Å². The summed E-state index contributed by atoms with van der Waals surface area (Å²) in [5.74, 6) is 0.741. The fourth-order valence-electron chi connectivity index (χ4n) is 2.45. The molecule has 23 heavy (non-hydrogen) atoms. The number of anilines is 3. The first-order valence-electron chi connectivity index (χ1n) is 7.49. The zero-order valence-corrected chi connectivity index (χ0v) is 12.3. The first-order valence-corrected chi connectivity index (χ1v) is 7.49. The normalized spacial score (nSPS) is 14.2. The maximum Gasteiger partial charge on any atom is 0.159 e. The second-order valence-corrected chi connectivity index (χ2v) is 5.74. The average Bonchev–Trinajstić information content (AvgIpc) is 3.20. The smallest absolute Gasteiger partial charge is 0.159 e. The molecule has 0 aliphatic heterocycles. The predicted octanol–water partition coefficient (Wildman–Crippen LogP) is 3.57. The van der Waals surface area contributed by atoms with Crippen molar-refractivity contribution in [2.24, 2.45) is 5.92 Å². The molecule has 3 aromatic rings. The quantitative estimate of drug-likeness (QED) is 0.756. The molecule has 4 rings (SSSR count). The number of fused-ring (bicyclic) bond motifs is 1. The number of hydrogen-bond donors (Lipinski definition) is 2. The van der Waals surface area contributed by atoms with Gasteiger partial charge >= 0.3 is 0 Å². The molecule has 0 radical (unpaired) electrons. The molecule has 0 bridgehead atoms. The Morgan fingerprint density at radius 3 is 2.65 bits per heavy atom. The number of halogens is 2. The van der Waals surface area contributed by atoms with Crippen molar-refractivity contribution >= 4 is 23.0 Å². The number of aromatic nitrogens is 3. The Morgan fingerprint density at radius 1 is 1.13 bits per heavy atom. The molecule has 0 spiro atoms. The summed E-state index contributed by atoms with van der Waals surface area (Å²) in [6, 6.07) is 6.84. The third kappa shape index (κ3) is 3.08. The molecule has 0 saturated heterocycles. The van der Waals surface area contributed by atoms with Crippen molar-refractivity contribution in [2.45, 2.75) is 12.8 Å². The van der Waals surface area contributed by atoms with Crippen molar-refractivity contribution in [3.8, 4) is 0 Å². The molecule has 5 nitrogen and oxygen atoms in total. The summed E-state index contributed by atoms with van der Waals surface area (Å²) in [6.07, 6.45) is 4.15. The third-order valence-electron chi connectivity index (χ3n) is 3.76. The summed E-state index contributed by atoms with van der Waals surface area (Å²) in [4.78, 5) is 4.40. The Morgan fingerprint density at radius 2 is 1.91 bits per heavy atom. The van der Waals surface area contributed by atoms with E-state index in [1.165, 1.54) is 25.0 Å². The lowest BCUT2D eigenvalue weighted by molar-refractivity contribution is 0.584. The summed E-state index contributed by atoms with van der Waals surface area (Å²) in [7, 11) is 0. The van der Waals surface area contributed by atoms with Crippen molar-refractivity contribution in [1.29, 1.82) is 0 Å². The van der Waals surface area contributed by atoms with Gasteiger partial charge in [-0.1, -0.05) is 0 Å². The van der Waals surface area contributed by atoms with E-state index in [1.807, 2.05) is 0 Å². The Bertz CT molecular complexity index is 837. The monoisotopic (exact) mass is 315 g/mol. The van der Waals surface area contributed by atoms with Crippen LogP contribution in [0.3, 0.4) is 0 Å². The highest BCUT2D eigenvalue weighted by molar-refractivity contribution is 5.63. The van der Waals surface area contributed by atoms with Crippen LogP contribution in [0.15, 0.2) is 36.5 Å². The molecule has 0 amide bonds. The summed E-state index contributed by atoms with van der Waals surface area (Å²) in [6.45, 7) is 0.882. The molecule has 118 valence electrons. The van der Waals surface area contributed by atoms with Gasteiger partial charge in [0.2, 0.25) is 0 Å². The molecule has 0 atom stereocenters. The fourth-order valence-corrected chi connectivity index (χ4v) is 2.45. The molecular weight excluding hydrogens is 300 g/mol. The lowest BCUT2D eigenvalue weighted by Gasteiger charge is -2.11. The molecule has 1 saturated carbocycles. The maximum absolute atomic E-state index is 13.3. The molecule has 2 N–H and O–H groups in total. The first-order chi connectivity index (χ1) is 11.2. The van der Waals surface area contributed by atoms with Crippen LogP contribution in [-0.2, 0) is 0 Å². The lowest BCUT2D eigenvalue weighted by Crippen LogP contribution is -2.09. The number of rotatable bonds is 5. The van der Waals surface area contributed by atoms with Gasteiger partial charge in [-0.3, -0.25) is 0 Å². The largest absolute Gasteiger partial charge is 0.370 e. The van der Waals surface area contributed by atoms with Gasteiger partial charge in [-0.05, 0) is 30.9 Å². The van der Waals surface area contributed by atoms with Crippen LogP contribution in [0.4, 0.5) is 26.1 Å². The van der Waals surface area contributed by atoms with E-state index < -0.39 is 11.6 Å². The van der Waals surface area contributed by atoms with Crippen LogP contribution in [-0.4, -0.2) is 21.1 Å². The van der Waals surface area contributed by atoms with Crippen LogP contribution in [0.1, 0.15) is 12.8 Å². The highest BCUT2D eigenvalue weighted by Crippen LogP contribution is 2.29. The molecule has 1 aromatic carbocycles. The van der Waals surface area contributed by atoms with E-state index in [0.29, 0.717) is 23.1 Å². The van der Waals surface area contributed by atoms with Crippen LogP contribution in [0.2, 0.25) is 0 Å². The van der Waals surface area contributed by atoms with E-state index >= 15 is 0 Å². The van der Waals surface area contributed by atoms with Gasteiger partial charge < -0.3 is 10.6 Å². The van der Waals surface area contributed by atoms with Crippen molar-refractivity contribution < 1.29 is 8.78 Å². The van der Waals surface area contributed by atoms with Gasteiger partial charge in [-0.15, -0.1) is 0 Å². The Labute approximate surface area is 131 Å². The van der Waals surface area contributed by atoms with Crippen LogP contribution in [0.5, 0.6) is 0 Å². The number of nitrogens with one attached hydrogen (secondary N) is 2. The van der Waals surface area contributed by atoms with Gasteiger partial charge in [-0.25, -0.2) is 13.8 Å². The minimum Gasteiger partial charge on any atom is -0.370 e. The van der Waals surface area contributed by atoms with Crippen LogP contribution in [0.25, 0.3) is 5.65 Å². The molecule has 1 aliphatic rings. The fraction of sp³-hybridized carbons (Fsp3) is 0.250. The summed E-state index contributed by atoms with van der Waals surface area (Å²) in [5.41, 5.74) is 0.970. The van der Waals surface area contributed by atoms with Gasteiger partial charge in [0, 0.05) is 30.4 Å². The van der Waals surface area contributed by atoms with Gasteiger partial charge in [-0.2, -0.15) is 9.61 Å². The van der Waals surface area contributed by atoms with Gasteiger partial charge in [0.25, 0.3) is 0 Å². The molecule has 2 aromatic heterocycles. The summed E-state index contributed by atoms with van der Waals surface area (Å²) >= 11 is 0. The number of nitrogens with zero attached hydrogens (tertiary/aromatic N) is 3. The minimum atomic E-state index is -0.634. The average molecular weight is 315 g/mol. The first kappa shape index (κ1) is 13.9. The van der Waals surface area contributed by atoms with Gasteiger partial charge in [0.05, 0.1) is 6.20 Å². The second kappa shape index (κ2) is 5.49. The molecule has 7 heteroatoms. The molecule has 2 heterocycles. The highest BCUT2D eigenvalue weighted by atomic mass is 19.1. The molecule has 1 fully saturated rings. The molecular formula is C16H15F2N5. The van der Waals surface area contributed by atoms with Crippen molar-refractivity contribution in [2.75, 3.05) is 17.2 Å². The Hall–Kier alpha value is -2.70. The van der Waals surface area contributed by atoms with E-state index in [0.717, 1.165) is 18.4 Å². The van der Waals surface area contributed by atoms with Crippen molar-refractivity contribution in [1.82, 2.24) is 14.6 Å². The lowest BCUT2D eigenvalue weighted by atomic mass is 10.3. The SMILES string of the molecule is Fc1cc(F)cc(Nc2cc(NCC3CC3)n3nccc3n2)c1. The van der Waals surface area contributed by atoms with Crippen molar-refractivity contribution in [3.63, 3.8) is 0 Å². The van der Waals surface area contributed by atoms with Crippen LogP contribution in [0, 0.1) is 17.6 Å². The van der Waals surface area contributed by atoms with E-state index in [4.69, 9.17) is 0 Å². The van der Waals surface area contributed by atoms with Crippen LogP contribution >= 0.6 is 0 Å². The van der Waals surface area contributed by atoms with E-state index in [-0.39, 0.29) is 0 Å². The second-order valence-electron chi connectivity index (χ2n) is 5.74. The molecule has 1 aliphatic carbocycles. The van der Waals surface area contributed by atoms with Gasteiger partial charge in [0.1, 0.15) is 23.3 Å². The van der Waals surface area contributed by atoms with E-state index in [9.17, 15) is 8.78 Å². The summed E-state index contributed by atoms with van der Waals surface area (Å²) in [5, 5.41) is 10.5. The van der Waals surface area contributed by atoms with E-state index in [2.05, 4.69) is 20.7 Å². The third-order valence-corrected chi connectivity index (χ3v) is 3.76. The Balaban J connectivity index is 1.65. The highest BCUT2D eigenvalue weighted by Gasteiger charge is 2.21. The summed E-state index contributed by atoms with van der Waals surface area (Å²) < 4.78 is 28.3. The van der Waals surface area contributed by atoms with Crippen LogP contribution < -0.4 is 10.6 Å². The van der Waals surface area contributed by atoms with Crippen molar-refractivity contribution in [3.05, 3.63) is 48.2 Å². The van der Waals surface area contributed by atoms with Gasteiger partial charge in [0.15, 0.2) is 5.65 Å². The zero-order chi connectivity index (χ0) is 15.8. The Kier molecular flexibility index (Phi) is 3.33. The zero-order valence-electron chi connectivity index (χ0n) is 12.3. The standard InChI is InChI=1S/C16H15F2N5/c17-11-5-12(18)7-13(6-11)21-14-8-16(19-9-10-1-2-10)23-15(22-14)3-4-20-23/h3-8,10,19H,1-2,9H2,(H,21,22).